The second kappa shape index (κ2) is 14.3. The van der Waals surface area contributed by atoms with Crippen molar-refractivity contribution in [3.63, 3.8) is 0 Å². The van der Waals surface area contributed by atoms with Crippen molar-refractivity contribution in [1.82, 2.24) is 34.4 Å². The molecule has 4 amide bonds. The Labute approximate surface area is 339 Å². The minimum atomic E-state index is -2.70. The highest BCUT2D eigenvalue weighted by molar-refractivity contribution is 6.05. The van der Waals surface area contributed by atoms with Gasteiger partial charge in [0.1, 0.15) is 6.04 Å². The number of pyridine rings is 1. The molecular formula is C44H45F2N9O4. The zero-order valence-corrected chi connectivity index (χ0v) is 33.1. The van der Waals surface area contributed by atoms with Crippen LogP contribution in [0.4, 0.5) is 26.0 Å². The van der Waals surface area contributed by atoms with Gasteiger partial charge in [0, 0.05) is 123 Å². The standard InChI is InChI=1S/C44H45F2N9O4/c1-25(56)52-17-12-37-35(24-52)42(53-14-3-4-26-19-31(32(41(45)46)20-39(26)53)34-23-50(2)36-9-13-47-21-33(34)36)49-55(37)28-10-15-51(16-11-28)29-5-6-30-27(18-29)22-54(44(30)59)38-7-8-40(57)48-43(38)58/h5-6,9,13,18-21,23,28,38,41H,3-4,7-8,10-12,14-17,22,24H2,1-2H3,(H,48,57,58). The summed E-state index contributed by atoms with van der Waals surface area (Å²) in [6.45, 7) is 5.05. The first-order valence-electron chi connectivity index (χ1n) is 20.5. The number of carbonyl (C=O) groups excluding carboxylic acids is 4. The van der Waals surface area contributed by atoms with Gasteiger partial charge in [0.05, 0.1) is 18.1 Å². The zero-order chi connectivity index (χ0) is 40.7. The number of imide groups is 1. The maximum atomic E-state index is 15.1. The third kappa shape index (κ3) is 6.24. The Hall–Kier alpha value is -6.12. The number of nitrogens with zero attached hydrogens (tertiary/aromatic N) is 8. The van der Waals surface area contributed by atoms with Gasteiger partial charge in [-0.1, -0.05) is 0 Å². The summed E-state index contributed by atoms with van der Waals surface area (Å²) in [6, 6.07) is 10.8. The van der Waals surface area contributed by atoms with Crippen LogP contribution in [-0.2, 0) is 47.4 Å². The van der Waals surface area contributed by atoms with Gasteiger partial charge < -0.3 is 24.2 Å². The molecule has 5 aromatic rings. The van der Waals surface area contributed by atoms with Crippen molar-refractivity contribution in [3.05, 3.63) is 88.5 Å². The molecule has 13 nitrogen and oxygen atoms in total. The predicted octanol–water partition coefficient (Wildman–Crippen LogP) is 5.97. The zero-order valence-electron chi connectivity index (χ0n) is 33.1. The van der Waals surface area contributed by atoms with E-state index in [1.54, 1.807) is 30.3 Å². The lowest BCUT2D eigenvalue weighted by atomic mass is 9.91. The van der Waals surface area contributed by atoms with Crippen molar-refractivity contribution in [2.75, 3.05) is 36.0 Å². The van der Waals surface area contributed by atoms with Crippen LogP contribution in [0.15, 0.2) is 55.0 Å². The number of anilines is 3. The number of nitrogens with one attached hydrogen (secondary N) is 1. The summed E-state index contributed by atoms with van der Waals surface area (Å²) in [4.78, 5) is 62.5. The summed E-state index contributed by atoms with van der Waals surface area (Å²) < 4.78 is 34.3. The monoisotopic (exact) mass is 801 g/mol. The van der Waals surface area contributed by atoms with Crippen molar-refractivity contribution in [1.29, 1.82) is 0 Å². The number of alkyl halides is 2. The quantitative estimate of drug-likeness (QED) is 0.208. The van der Waals surface area contributed by atoms with Gasteiger partial charge in [-0.05, 0) is 85.2 Å². The van der Waals surface area contributed by atoms with Gasteiger partial charge in [0.2, 0.25) is 17.7 Å². The fourth-order valence-corrected chi connectivity index (χ4v) is 10.1. The van der Waals surface area contributed by atoms with E-state index in [0.29, 0.717) is 50.1 Å². The second-order valence-electron chi connectivity index (χ2n) is 16.5. The van der Waals surface area contributed by atoms with Crippen molar-refractivity contribution < 1.29 is 28.0 Å². The number of fused-ring (bicyclic) bond motifs is 4. The third-order valence-corrected chi connectivity index (χ3v) is 13.1. The Morgan fingerprint density at radius 3 is 2.51 bits per heavy atom. The molecule has 2 fully saturated rings. The number of benzene rings is 2. The van der Waals surface area contributed by atoms with Crippen LogP contribution >= 0.6 is 0 Å². The fraction of sp³-hybridized carbons (Fsp3) is 0.409. The maximum absolute atomic E-state index is 15.1. The van der Waals surface area contributed by atoms with E-state index in [4.69, 9.17) is 5.10 Å². The largest absolute Gasteiger partial charge is 0.371 e. The number of rotatable bonds is 6. The topological polar surface area (TPSA) is 129 Å². The van der Waals surface area contributed by atoms with Gasteiger partial charge in [0.15, 0.2) is 5.82 Å². The highest BCUT2D eigenvalue weighted by Crippen LogP contribution is 2.45. The van der Waals surface area contributed by atoms with Crippen LogP contribution < -0.4 is 15.1 Å². The molecule has 1 atom stereocenters. The molecule has 59 heavy (non-hydrogen) atoms. The average Bonchev–Trinajstić information content (AvgIpc) is 3.90. The van der Waals surface area contributed by atoms with E-state index in [9.17, 15) is 19.2 Å². The number of carbonyl (C=O) groups is 4. The van der Waals surface area contributed by atoms with Crippen LogP contribution in [0.3, 0.4) is 0 Å². The van der Waals surface area contributed by atoms with E-state index in [2.05, 4.69) is 24.8 Å². The molecule has 2 saturated heterocycles. The lowest BCUT2D eigenvalue weighted by Crippen LogP contribution is -2.52. The first-order chi connectivity index (χ1) is 28.5. The first-order valence-corrected chi connectivity index (χ1v) is 20.5. The first kappa shape index (κ1) is 37.2. The SMILES string of the molecule is CC(=O)N1CCc2c(c(N3CCCc4cc(-c5cn(C)c6ccncc56)c(C(F)F)cc43)nn2C2CCN(c3ccc4c(c3)CN(C3CCC(=O)NC3=O)C4=O)CC2)C1. The molecule has 8 heterocycles. The molecule has 3 aromatic heterocycles. The summed E-state index contributed by atoms with van der Waals surface area (Å²) in [5, 5.41) is 8.53. The molecule has 0 spiro atoms. The summed E-state index contributed by atoms with van der Waals surface area (Å²) in [5.74, 6) is -0.190. The van der Waals surface area contributed by atoms with Crippen molar-refractivity contribution in [2.45, 2.75) is 83.5 Å². The summed E-state index contributed by atoms with van der Waals surface area (Å²) >= 11 is 0. The molecule has 5 aliphatic rings. The highest BCUT2D eigenvalue weighted by Gasteiger charge is 2.40. The molecular weight excluding hydrogens is 757 g/mol. The molecule has 0 aliphatic carbocycles. The van der Waals surface area contributed by atoms with Gasteiger partial charge in [0.25, 0.3) is 12.3 Å². The summed E-state index contributed by atoms with van der Waals surface area (Å²) in [5.41, 5.74) is 8.43. The van der Waals surface area contributed by atoms with E-state index >= 15 is 8.78 Å². The summed E-state index contributed by atoms with van der Waals surface area (Å²) in [7, 11) is 1.91. The van der Waals surface area contributed by atoms with Crippen LogP contribution in [0, 0.1) is 0 Å². The number of piperidine rings is 2. The molecule has 1 unspecified atom stereocenters. The molecule has 5 aliphatic heterocycles. The fourth-order valence-electron chi connectivity index (χ4n) is 10.1. The van der Waals surface area contributed by atoms with Crippen molar-refractivity contribution in [3.8, 4) is 11.1 Å². The van der Waals surface area contributed by atoms with E-state index in [0.717, 1.165) is 94.8 Å². The minimum Gasteiger partial charge on any atom is -0.371 e. The van der Waals surface area contributed by atoms with E-state index in [1.807, 2.05) is 53.0 Å². The number of halogens is 2. The average molecular weight is 802 g/mol. The number of aromatic nitrogens is 4. The lowest BCUT2D eigenvalue weighted by Gasteiger charge is -2.35. The van der Waals surface area contributed by atoms with Gasteiger partial charge in [-0.2, -0.15) is 5.10 Å². The predicted molar refractivity (Wildman–Crippen MR) is 216 cm³/mol. The Morgan fingerprint density at radius 2 is 1.73 bits per heavy atom. The van der Waals surface area contributed by atoms with Crippen molar-refractivity contribution >= 4 is 51.7 Å². The van der Waals surface area contributed by atoms with E-state index in [-0.39, 0.29) is 35.7 Å². The van der Waals surface area contributed by atoms with E-state index < -0.39 is 18.4 Å². The van der Waals surface area contributed by atoms with Crippen LogP contribution in [0.25, 0.3) is 22.0 Å². The van der Waals surface area contributed by atoms with Crippen LogP contribution in [0.1, 0.15) is 89.8 Å². The van der Waals surface area contributed by atoms with Gasteiger partial charge in [-0.15, -0.1) is 0 Å². The maximum Gasteiger partial charge on any atom is 0.264 e. The Balaban J connectivity index is 0.936. The number of hydrogen-bond acceptors (Lipinski definition) is 8. The molecule has 304 valence electrons. The number of amides is 4. The third-order valence-electron chi connectivity index (χ3n) is 13.1. The van der Waals surface area contributed by atoms with Crippen LogP contribution in [0.5, 0.6) is 0 Å². The molecule has 2 aromatic carbocycles. The van der Waals surface area contributed by atoms with Crippen LogP contribution in [0.2, 0.25) is 0 Å². The number of hydrogen-bond donors (Lipinski definition) is 1. The molecule has 0 saturated carbocycles. The normalized spacial score (nSPS) is 19.7. The molecule has 10 rings (SSSR count). The molecule has 0 bridgehead atoms. The number of aryl methyl sites for hydroxylation is 2. The van der Waals surface area contributed by atoms with Crippen molar-refractivity contribution in [2.24, 2.45) is 7.05 Å². The minimum absolute atomic E-state index is 0.00724. The van der Waals surface area contributed by atoms with E-state index in [1.165, 1.54) is 0 Å². The molecule has 1 N–H and O–H groups in total. The summed E-state index contributed by atoms with van der Waals surface area (Å²) in [6.07, 6.45) is 7.05. The lowest BCUT2D eigenvalue weighted by molar-refractivity contribution is -0.137. The Bertz CT molecular complexity index is 2570. The van der Waals surface area contributed by atoms with Gasteiger partial charge in [-0.25, -0.2) is 8.78 Å². The van der Waals surface area contributed by atoms with Gasteiger partial charge in [-0.3, -0.25) is 34.2 Å². The van der Waals surface area contributed by atoms with Crippen LogP contribution in [-0.4, -0.2) is 85.0 Å². The van der Waals surface area contributed by atoms with Gasteiger partial charge >= 0.3 is 0 Å². The molecule has 15 heteroatoms. The smallest absolute Gasteiger partial charge is 0.264 e. The highest BCUT2D eigenvalue weighted by atomic mass is 19.3. The Kier molecular flexibility index (Phi) is 9.01. The second-order valence-corrected chi connectivity index (χ2v) is 16.5. The Morgan fingerprint density at radius 1 is 0.898 bits per heavy atom. The molecule has 0 radical (unpaired) electrons.